The van der Waals surface area contributed by atoms with Gasteiger partial charge in [-0.05, 0) is 74.1 Å². The van der Waals surface area contributed by atoms with Crippen LogP contribution in [0, 0.1) is 13.8 Å². The summed E-state index contributed by atoms with van der Waals surface area (Å²) < 4.78 is 0. The fourth-order valence-electron chi connectivity index (χ4n) is 2.91. The number of nitrogens with one attached hydrogen (secondary N) is 4. The molecule has 0 heterocycles. The molecular weight excluding hydrogens is 424 g/mol. The maximum atomic E-state index is 12.3. The van der Waals surface area contributed by atoms with E-state index in [1.807, 2.05) is 38.1 Å². The van der Waals surface area contributed by atoms with E-state index >= 15 is 0 Å². The first-order valence-electron chi connectivity index (χ1n) is 9.79. The summed E-state index contributed by atoms with van der Waals surface area (Å²) in [6, 6.07) is 20.7. The number of carbonyl (C=O) groups is 3. The standard InChI is InChI=1S/C24H22N4O3S/c1-15-6-5-8-18(14-15)21(29)25-19-12-10-17(11-13-19)22(30)27-28-24(32)26-23(31)20-9-4-3-7-16(20)2/h3-14H,1-2H3,(H,25,29)(H,27,30)(H2,26,28,31,32). The highest BCUT2D eigenvalue weighted by Crippen LogP contribution is 2.12. The van der Waals surface area contributed by atoms with E-state index in [0.717, 1.165) is 11.1 Å². The van der Waals surface area contributed by atoms with E-state index in [9.17, 15) is 14.4 Å². The van der Waals surface area contributed by atoms with Crippen molar-refractivity contribution in [1.29, 1.82) is 0 Å². The minimum absolute atomic E-state index is 0.0337. The average Bonchev–Trinajstić information content (AvgIpc) is 2.78. The molecule has 0 aromatic heterocycles. The smallest absolute Gasteiger partial charge is 0.269 e. The van der Waals surface area contributed by atoms with Crippen LogP contribution in [-0.2, 0) is 0 Å². The van der Waals surface area contributed by atoms with E-state index in [1.165, 1.54) is 0 Å². The predicted molar refractivity (Wildman–Crippen MR) is 127 cm³/mol. The van der Waals surface area contributed by atoms with Gasteiger partial charge in [-0.1, -0.05) is 35.9 Å². The molecule has 0 radical (unpaired) electrons. The van der Waals surface area contributed by atoms with Crippen LogP contribution in [0.1, 0.15) is 42.2 Å². The first kappa shape index (κ1) is 22.6. The highest BCUT2D eigenvalue weighted by molar-refractivity contribution is 7.80. The molecule has 0 aliphatic heterocycles. The number of hydrogen-bond acceptors (Lipinski definition) is 4. The van der Waals surface area contributed by atoms with Crippen molar-refractivity contribution in [3.8, 4) is 0 Å². The molecule has 4 N–H and O–H groups in total. The molecule has 7 nitrogen and oxygen atoms in total. The molecule has 3 aromatic rings. The molecule has 0 fully saturated rings. The van der Waals surface area contributed by atoms with Crippen molar-refractivity contribution in [3.05, 3.63) is 101 Å². The van der Waals surface area contributed by atoms with Gasteiger partial charge in [-0.25, -0.2) is 0 Å². The van der Waals surface area contributed by atoms with Crippen LogP contribution in [0.2, 0.25) is 0 Å². The Balaban J connectivity index is 1.51. The number of hydrogen-bond donors (Lipinski definition) is 4. The highest BCUT2D eigenvalue weighted by atomic mass is 32.1. The lowest BCUT2D eigenvalue weighted by Gasteiger charge is -2.12. The molecule has 0 aliphatic rings. The van der Waals surface area contributed by atoms with E-state index in [1.54, 1.807) is 48.5 Å². The third-order valence-electron chi connectivity index (χ3n) is 4.59. The van der Waals surface area contributed by atoms with Crippen molar-refractivity contribution in [3.63, 3.8) is 0 Å². The molecule has 0 bridgehead atoms. The van der Waals surface area contributed by atoms with Crippen LogP contribution in [0.25, 0.3) is 0 Å². The van der Waals surface area contributed by atoms with Gasteiger partial charge in [0.15, 0.2) is 5.11 Å². The molecule has 0 spiro atoms. The van der Waals surface area contributed by atoms with Gasteiger partial charge < -0.3 is 5.32 Å². The van der Waals surface area contributed by atoms with Gasteiger partial charge >= 0.3 is 0 Å². The molecule has 3 aromatic carbocycles. The van der Waals surface area contributed by atoms with Crippen LogP contribution < -0.4 is 21.5 Å². The van der Waals surface area contributed by atoms with Crippen molar-refractivity contribution in [2.75, 3.05) is 5.32 Å². The number of amides is 3. The Morgan fingerprint density at radius 1 is 0.719 bits per heavy atom. The monoisotopic (exact) mass is 446 g/mol. The number of anilines is 1. The van der Waals surface area contributed by atoms with Gasteiger partial charge in [0.2, 0.25) is 0 Å². The minimum atomic E-state index is -0.450. The number of aryl methyl sites for hydroxylation is 2. The zero-order chi connectivity index (χ0) is 23.1. The van der Waals surface area contributed by atoms with Gasteiger partial charge in [0, 0.05) is 22.4 Å². The Labute approximate surface area is 191 Å². The van der Waals surface area contributed by atoms with Crippen LogP contribution in [0.3, 0.4) is 0 Å². The van der Waals surface area contributed by atoms with E-state index in [2.05, 4.69) is 21.5 Å². The molecule has 8 heteroatoms. The second-order valence-electron chi connectivity index (χ2n) is 7.08. The molecule has 0 saturated heterocycles. The summed E-state index contributed by atoms with van der Waals surface area (Å²) in [5, 5.41) is 5.27. The lowest BCUT2D eigenvalue weighted by Crippen LogP contribution is -2.48. The fourth-order valence-corrected chi connectivity index (χ4v) is 3.05. The Hall–Kier alpha value is -4.04. The topological polar surface area (TPSA) is 99.3 Å². The Morgan fingerprint density at radius 2 is 1.44 bits per heavy atom. The number of rotatable bonds is 4. The number of hydrazine groups is 1. The van der Waals surface area contributed by atoms with Gasteiger partial charge in [0.1, 0.15) is 0 Å². The summed E-state index contributed by atoms with van der Waals surface area (Å²) in [5.74, 6) is -1.06. The molecule has 0 saturated carbocycles. The molecule has 0 unspecified atom stereocenters. The molecule has 3 rings (SSSR count). The van der Waals surface area contributed by atoms with Gasteiger partial charge in [0.25, 0.3) is 17.7 Å². The SMILES string of the molecule is Cc1cccc(C(=O)Nc2ccc(C(=O)NNC(=S)NC(=O)c3ccccc3C)cc2)c1. The normalized spacial score (nSPS) is 10.1. The molecule has 3 amide bonds. The largest absolute Gasteiger partial charge is 0.322 e. The van der Waals surface area contributed by atoms with E-state index in [-0.39, 0.29) is 16.9 Å². The van der Waals surface area contributed by atoms with Gasteiger partial charge in [0.05, 0.1) is 0 Å². The van der Waals surface area contributed by atoms with E-state index in [0.29, 0.717) is 22.4 Å². The van der Waals surface area contributed by atoms with Gasteiger partial charge in [-0.15, -0.1) is 0 Å². The third kappa shape index (κ3) is 5.99. The van der Waals surface area contributed by atoms with Crippen molar-refractivity contribution in [1.82, 2.24) is 16.2 Å². The van der Waals surface area contributed by atoms with E-state index in [4.69, 9.17) is 12.2 Å². The van der Waals surface area contributed by atoms with Crippen LogP contribution in [0.15, 0.2) is 72.8 Å². The van der Waals surface area contributed by atoms with Crippen LogP contribution >= 0.6 is 12.2 Å². The Kier molecular flexibility index (Phi) is 7.30. The molecule has 0 atom stereocenters. The van der Waals surface area contributed by atoms with Crippen molar-refractivity contribution < 1.29 is 14.4 Å². The molecule has 0 aliphatic carbocycles. The molecule has 162 valence electrons. The van der Waals surface area contributed by atoms with Gasteiger partial charge in [-0.2, -0.15) is 0 Å². The zero-order valence-corrected chi connectivity index (χ0v) is 18.4. The Morgan fingerprint density at radius 3 is 2.12 bits per heavy atom. The maximum Gasteiger partial charge on any atom is 0.269 e. The molecule has 32 heavy (non-hydrogen) atoms. The minimum Gasteiger partial charge on any atom is -0.322 e. The maximum absolute atomic E-state index is 12.3. The van der Waals surface area contributed by atoms with Crippen molar-refractivity contribution in [2.45, 2.75) is 13.8 Å². The summed E-state index contributed by atoms with van der Waals surface area (Å²) >= 11 is 5.06. The lowest BCUT2D eigenvalue weighted by molar-refractivity contribution is 0.0934. The molecular formula is C24H22N4O3S. The summed E-state index contributed by atoms with van der Waals surface area (Å²) in [5.41, 5.74) is 8.69. The second-order valence-corrected chi connectivity index (χ2v) is 7.49. The quantitative estimate of drug-likeness (QED) is 0.363. The number of carbonyl (C=O) groups excluding carboxylic acids is 3. The van der Waals surface area contributed by atoms with Crippen LogP contribution in [-0.4, -0.2) is 22.8 Å². The first-order chi connectivity index (χ1) is 15.3. The lowest BCUT2D eigenvalue weighted by atomic mass is 10.1. The summed E-state index contributed by atoms with van der Waals surface area (Å²) in [7, 11) is 0. The zero-order valence-electron chi connectivity index (χ0n) is 17.6. The van der Waals surface area contributed by atoms with E-state index < -0.39 is 5.91 Å². The highest BCUT2D eigenvalue weighted by Gasteiger charge is 2.12. The summed E-state index contributed by atoms with van der Waals surface area (Å²) in [6.45, 7) is 3.73. The predicted octanol–water partition coefficient (Wildman–Crippen LogP) is 3.51. The second kappa shape index (κ2) is 10.3. The average molecular weight is 447 g/mol. The third-order valence-corrected chi connectivity index (χ3v) is 4.80. The fraction of sp³-hybridized carbons (Fsp3) is 0.0833. The van der Waals surface area contributed by atoms with Gasteiger partial charge in [-0.3, -0.25) is 30.6 Å². The summed E-state index contributed by atoms with van der Waals surface area (Å²) in [4.78, 5) is 36.9. The van der Waals surface area contributed by atoms with Crippen molar-refractivity contribution in [2.24, 2.45) is 0 Å². The van der Waals surface area contributed by atoms with Crippen LogP contribution in [0.5, 0.6) is 0 Å². The Bertz CT molecular complexity index is 1180. The van der Waals surface area contributed by atoms with Crippen molar-refractivity contribution >= 4 is 40.7 Å². The summed E-state index contributed by atoms with van der Waals surface area (Å²) in [6.07, 6.45) is 0. The number of benzene rings is 3. The van der Waals surface area contributed by atoms with Crippen LogP contribution in [0.4, 0.5) is 5.69 Å². The first-order valence-corrected chi connectivity index (χ1v) is 10.2. The number of thiocarbonyl (C=S) groups is 1.